The number of hydrogen-bond donors (Lipinski definition) is 2. The van der Waals surface area contributed by atoms with E-state index in [9.17, 15) is 9.59 Å². The summed E-state index contributed by atoms with van der Waals surface area (Å²) in [5, 5.41) is 15.0. The van der Waals surface area contributed by atoms with Crippen molar-refractivity contribution in [1.29, 1.82) is 0 Å². The highest BCUT2D eigenvalue weighted by Gasteiger charge is 2.16. The average Bonchev–Trinajstić information content (AvgIpc) is 3.21. The molecule has 2 N–H and O–H groups in total. The number of hydrogen-bond acceptors (Lipinski definition) is 6. The zero-order valence-corrected chi connectivity index (χ0v) is 20.0. The number of amides is 2. The van der Waals surface area contributed by atoms with Gasteiger partial charge in [-0.05, 0) is 36.4 Å². The van der Waals surface area contributed by atoms with Crippen LogP contribution in [0.5, 0.6) is 5.75 Å². The Morgan fingerprint density at radius 3 is 2.64 bits per heavy atom. The monoisotopic (exact) mass is 505 g/mol. The van der Waals surface area contributed by atoms with Crippen LogP contribution in [0.4, 0.5) is 5.69 Å². The highest BCUT2D eigenvalue weighted by atomic mass is 35.5. The zero-order chi connectivity index (χ0) is 23.8. The number of anilines is 1. The number of aromatic nitrogens is 3. The number of nitrogens with one attached hydrogen (secondary N) is 2. The van der Waals surface area contributed by atoms with Gasteiger partial charge in [-0.15, -0.1) is 16.8 Å². The van der Waals surface area contributed by atoms with E-state index < -0.39 is 0 Å². The van der Waals surface area contributed by atoms with Gasteiger partial charge in [0.1, 0.15) is 5.75 Å². The fourth-order valence-electron chi connectivity index (χ4n) is 2.79. The minimum atomic E-state index is -0.272. The van der Waals surface area contributed by atoms with E-state index in [-0.39, 0.29) is 29.1 Å². The molecule has 8 nitrogen and oxygen atoms in total. The number of allylic oxidation sites excluding steroid dienone is 1. The molecule has 1 aromatic heterocycles. The quantitative estimate of drug-likeness (QED) is 0.312. The first-order chi connectivity index (χ1) is 15.9. The largest absolute Gasteiger partial charge is 0.497 e. The van der Waals surface area contributed by atoms with Crippen molar-refractivity contribution in [2.24, 2.45) is 0 Å². The van der Waals surface area contributed by atoms with Crippen LogP contribution in [-0.4, -0.2) is 39.4 Å². The van der Waals surface area contributed by atoms with Gasteiger partial charge in [0.2, 0.25) is 5.91 Å². The highest BCUT2D eigenvalue weighted by Crippen LogP contribution is 2.29. The summed E-state index contributed by atoms with van der Waals surface area (Å²) in [6.45, 7) is 4.34. The standard InChI is InChI=1S/C22H21Cl2N5O3S/c1-3-11-29-18(12-25-21(31)14-7-9-15(32-2)10-8-14)27-28-22(29)33-13-19(30)26-17-6-4-5-16(23)20(17)24/h3-10H,1,11-13H2,2H3,(H,25,31)(H,26,30). The zero-order valence-electron chi connectivity index (χ0n) is 17.7. The number of rotatable bonds is 10. The molecule has 0 atom stereocenters. The lowest BCUT2D eigenvalue weighted by molar-refractivity contribution is -0.113. The summed E-state index contributed by atoms with van der Waals surface area (Å²) in [6.07, 6.45) is 1.69. The Morgan fingerprint density at radius 1 is 1.18 bits per heavy atom. The van der Waals surface area contributed by atoms with Gasteiger partial charge in [0.05, 0.1) is 35.1 Å². The maximum atomic E-state index is 12.4. The molecule has 0 saturated heterocycles. The second-order valence-corrected chi connectivity index (χ2v) is 8.38. The molecule has 1 heterocycles. The Hall–Kier alpha value is -3.01. The van der Waals surface area contributed by atoms with Crippen LogP contribution < -0.4 is 15.4 Å². The first-order valence-corrected chi connectivity index (χ1v) is 11.5. The van der Waals surface area contributed by atoms with Gasteiger partial charge in [-0.1, -0.05) is 47.1 Å². The number of nitrogens with zero attached hydrogens (tertiary/aromatic N) is 3. The lowest BCUT2D eigenvalue weighted by Crippen LogP contribution is -2.24. The molecule has 0 aliphatic rings. The molecule has 0 saturated carbocycles. The minimum absolute atomic E-state index is 0.0797. The average molecular weight is 506 g/mol. The fraction of sp³-hybridized carbons (Fsp3) is 0.182. The van der Waals surface area contributed by atoms with E-state index in [2.05, 4.69) is 27.4 Å². The molecule has 0 radical (unpaired) electrons. The van der Waals surface area contributed by atoms with E-state index in [1.807, 2.05) is 0 Å². The first kappa shape index (κ1) is 24.6. The summed E-state index contributed by atoms with van der Waals surface area (Å²) in [6, 6.07) is 11.8. The lowest BCUT2D eigenvalue weighted by Gasteiger charge is -2.10. The molecule has 0 bridgehead atoms. The third-order valence-corrected chi connectivity index (χ3v) is 6.21. The third kappa shape index (κ3) is 6.50. The topological polar surface area (TPSA) is 98.1 Å². The summed E-state index contributed by atoms with van der Waals surface area (Å²) >= 11 is 13.3. The molecule has 0 fully saturated rings. The van der Waals surface area contributed by atoms with Gasteiger partial charge < -0.3 is 19.9 Å². The minimum Gasteiger partial charge on any atom is -0.497 e. The second-order valence-electron chi connectivity index (χ2n) is 6.65. The van der Waals surface area contributed by atoms with Crippen LogP contribution >= 0.6 is 35.0 Å². The van der Waals surface area contributed by atoms with Crippen molar-refractivity contribution in [3.8, 4) is 5.75 Å². The molecule has 3 aromatic rings. The fourth-order valence-corrected chi connectivity index (χ4v) is 3.90. The van der Waals surface area contributed by atoms with E-state index in [4.69, 9.17) is 27.9 Å². The number of carbonyl (C=O) groups is 2. The number of ether oxygens (including phenoxy) is 1. The van der Waals surface area contributed by atoms with E-state index in [0.717, 1.165) is 0 Å². The SMILES string of the molecule is C=CCn1c(CNC(=O)c2ccc(OC)cc2)nnc1SCC(=O)Nc1cccc(Cl)c1Cl. The van der Waals surface area contributed by atoms with Gasteiger partial charge >= 0.3 is 0 Å². The van der Waals surface area contributed by atoms with Crippen LogP contribution in [-0.2, 0) is 17.9 Å². The normalized spacial score (nSPS) is 10.5. The number of methoxy groups -OCH3 is 1. The molecule has 2 aromatic carbocycles. The Bertz CT molecular complexity index is 1150. The van der Waals surface area contributed by atoms with Crippen molar-refractivity contribution in [3.63, 3.8) is 0 Å². The molecule has 2 amide bonds. The molecule has 0 aliphatic carbocycles. The van der Waals surface area contributed by atoms with Crippen LogP contribution in [0.15, 0.2) is 60.3 Å². The molecule has 0 spiro atoms. The predicted molar refractivity (Wildman–Crippen MR) is 130 cm³/mol. The number of benzene rings is 2. The van der Waals surface area contributed by atoms with Gasteiger partial charge in [-0.25, -0.2) is 0 Å². The molecular weight excluding hydrogens is 485 g/mol. The van der Waals surface area contributed by atoms with Gasteiger partial charge in [-0.2, -0.15) is 0 Å². The van der Waals surface area contributed by atoms with Crippen molar-refractivity contribution in [2.45, 2.75) is 18.2 Å². The maximum Gasteiger partial charge on any atom is 0.251 e. The van der Waals surface area contributed by atoms with Crippen LogP contribution in [0, 0.1) is 0 Å². The lowest BCUT2D eigenvalue weighted by atomic mass is 10.2. The number of carbonyl (C=O) groups excluding carboxylic acids is 2. The molecule has 11 heteroatoms. The smallest absolute Gasteiger partial charge is 0.251 e. The van der Waals surface area contributed by atoms with Crippen molar-refractivity contribution >= 4 is 52.5 Å². The molecule has 172 valence electrons. The predicted octanol–water partition coefficient (Wildman–Crippen LogP) is 4.44. The van der Waals surface area contributed by atoms with E-state index in [0.29, 0.717) is 39.5 Å². The number of halogens is 2. The molecular formula is C22H21Cl2N5O3S. The van der Waals surface area contributed by atoms with Gasteiger partial charge in [-0.3, -0.25) is 9.59 Å². The van der Waals surface area contributed by atoms with Crippen molar-refractivity contribution in [2.75, 3.05) is 18.2 Å². The Balaban J connectivity index is 1.61. The van der Waals surface area contributed by atoms with Gasteiger partial charge in [0.25, 0.3) is 5.91 Å². The van der Waals surface area contributed by atoms with E-state index in [1.165, 1.54) is 11.8 Å². The van der Waals surface area contributed by atoms with Crippen molar-refractivity contribution < 1.29 is 14.3 Å². The third-order valence-electron chi connectivity index (χ3n) is 4.42. The van der Waals surface area contributed by atoms with E-state index >= 15 is 0 Å². The summed E-state index contributed by atoms with van der Waals surface area (Å²) in [7, 11) is 1.56. The van der Waals surface area contributed by atoms with Gasteiger partial charge in [0.15, 0.2) is 11.0 Å². The molecule has 3 rings (SSSR count). The Kier molecular flexibility index (Phi) is 8.76. The van der Waals surface area contributed by atoms with E-state index in [1.54, 1.807) is 60.2 Å². The van der Waals surface area contributed by atoms with Gasteiger partial charge in [0, 0.05) is 12.1 Å². The highest BCUT2D eigenvalue weighted by molar-refractivity contribution is 7.99. The summed E-state index contributed by atoms with van der Waals surface area (Å²) in [5.41, 5.74) is 0.931. The van der Waals surface area contributed by atoms with Crippen molar-refractivity contribution in [3.05, 3.63) is 76.6 Å². The van der Waals surface area contributed by atoms with Crippen LogP contribution in [0.1, 0.15) is 16.2 Å². The van der Waals surface area contributed by atoms with Crippen molar-refractivity contribution in [1.82, 2.24) is 20.1 Å². The van der Waals surface area contributed by atoms with Crippen LogP contribution in [0.25, 0.3) is 0 Å². The summed E-state index contributed by atoms with van der Waals surface area (Å²) in [4.78, 5) is 24.8. The van der Waals surface area contributed by atoms with Crippen LogP contribution in [0.2, 0.25) is 10.0 Å². The Morgan fingerprint density at radius 2 is 1.94 bits per heavy atom. The Labute approximate surface area is 205 Å². The van der Waals surface area contributed by atoms with Crippen LogP contribution in [0.3, 0.4) is 0 Å². The molecule has 0 aliphatic heterocycles. The first-order valence-electron chi connectivity index (χ1n) is 9.74. The number of thioether (sulfide) groups is 1. The summed E-state index contributed by atoms with van der Waals surface area (Å²) < 4.78 is 6.89. The second kappa shape index (κ2) is 11.7. The summed E-state index contributed by atoms with van der Waals surface area (Å²) in [5.74, 6) is 0.763. The molecule has 0 unspecified atom stereocenters. The maximum absolute atomic E-state index is 12.4. The molecule has 33 heavy (non-hydrogen) atoms.